The van der Waals surface area contributed by atoms with Crippen molar-refractivity contribution in [3.63, 3.8) is 0 Å². The molecule has 1 saturated carbocycles. The topological polar surface area (TPSA) is 70.8 Å². The third kappa shape index (κ3) is 4.11. The molecule has 0 bridgehead atoms. The molecule has 0 aromatic heterocycles. The van der Waals surface area contributed by atoms with Crippen LogP contribution < -0.4 is 10.5 Å². The molecule has 5 heteroatoms. The molecule has 2 rings (SSSR count). The van der Waals surface area contributed by atoms with Crippen molar-refractivity contribution in [1.29, 1.82) is 0 Å². The van der Waals surface area contributed by atoms with Gasteiger partial charge in [0.25, 0.3) is 0 Å². The van der Waals surface area contributed by atoms with Crippen LogP contribution in [0.2, 0.25) is 0 Å². The minimum Gasteiger partial charge on any atom is -0.492 e. The molecule has 116 valence electrons. The van der Waals surface area contributed by atoms with Crippen molar-refractivity contribution < 1.29 is 19.0 Å². The van der Waals surface area contributed by atoms with Gasteiger partial charge in [-0.05, 0) is 44.4 Å². The van der Waals surface area contributed by atoms with Crippen molar-refractivity contribution in [2.75, 3.05) is 19.5 Å². The Hall–Kier alpha value is -1.75. The number of nitrogens with two attached hydrogens (primary N) is 1. The first-order valence-electron chi connectivity index (χ1n) is 7.40. The van der Waals surface area contributed by atoms with Crippen molar-refractivity contribution in [3.8, 4) is 5.75 Å². The lowest BCUT2D eigenvalue weighted by atomic mass is 9.95. The molecule has 1 aliphatic rings. The van der Waals surface area contributed by atoms with E-state index < -0.39 is 0 Å². The maximum Gasteiger partial charge on any atom is 0.338 e. The fourth-order valence-electron chi connectivity index (χ4n) is 2.61. The Morgan fingerprint density at radius 2 is 2.10 bits per heavy atom. The number of anilines is 1. The fraction of sp³-hybridized carbons (Fsp3) is 0.562. The average Bonchev–Trinajstić information content (AvgIpc) is 2.49. The minimum atomic E-state index is -0.341. The average molecular weight is 293 g/mol. The first kappa shape index (κ1) is 15.6. The van der Waals surface area contributed by atoms with E-state index in [1.807, 2.05) is 6.92 Å². The molecule has 2 atom stereocenters. The van der Waals surface area contributed by atoms with Crippen LogP contribution in [-0.4, -0.2) is 31.9 Å². The number of benzene rings is 1. The normalized spacial score (nSPS) is 21.8. The highest BCUT2D eigenvalue weighted by Crippen LogP contribution is 2.26. The van der Waals surface area contributed by atoms with Crippen molar-refractivity contribution >= 4 is 11.7 Å². The van der Waals surface area contributed by atoms with E-state index >= 15 is 0 Å². The molecular formula is C16H23NO4. The van der Waals surface area contributed by atoms with Gasteiger partial charge in [0.05, 0.1) is 24.0 Å². The summed E-state index contributed by atoms with van der Waals surface area (Å²) in [6.45, 7) is 2.42. The number of nitrogen functional groups attached to an aromatic ring is 1. The van der Waals surface area contributed by atoms with Gasteiger partial charge in [0, 0.05) is 13.5 Å². The molecule has 5 nitrogen and oxygen atoms in total. The summed E-state index contributed by atoms with van der Waals surface area (Å²) in [6, 6.07) is 4.98. The second-order valence-corrected chi connectivity index (χ2v) is 5.24. The SMILES string of the molecule is CCOc1ccc(C(=O)OC2CCCC(OC)C2)cc1N. The van der Waals surface area contributed by atoms with Crippen LogP contribution >= 0.6 is 0 Å². The first-order valence-corrected chi connectivity index (χ1v) is 7.40. The van der Waals surface area contributed by atoms with Gasteiger partial charge in [-0.3, -0.25) is 0 Å². The van der Waals surface area contributed by atoms with Gasteiger partial charge in [-0.25, -0.2) is 4.79 Å². The summed E-state index contributed by atoms with van der Waals surface area (Å²) >= 11 is 0. The van der Waals surface area contributed by atoms with Crippen LogP contribution in [0.1, 0.15) is 43.0 Å². The van der Waals surface area contributed by atoms with Crippen molar-refractivity contribution in [2.24, 2.45) is 0 Å². The largest absolute Gasteiger partial charge is 0.492 e. The van der Waals surface area contributed by atoms with E-state index in [1.54, 1.807) is 25.3 Å². The Balaban J connectivity index is 1.98. The number of esters is 1. The predicted molar refractivity (Wildman–Crippen MR) is 80.5 cm³/mol. The summed E-state index contributed by atoms with van der Waals surface area (Å²) in [6.07, 6.45) is 3.79. The van der Waals surface area contributed by atoms with Crippen LogP contribution in [0.15, 0.2) is 18.2 Å². The van der Waals surface area contributed by atoms with E-state index in [9.17, 15) is 4.79 Å². The molecule has 0 saturated heterocycles. The molecule has 21 heavy (non-hydrogen) atoms. The predicted octanol–water partition coefficient (Wildman–Crippen LogP) is 2.78. The highest BCUT2D eigenvalue weighted by Gasteiger charge is 2.25. The molecule has 0 radical (unpaired) electrons. The Morgan fingerprint density at radius 3 is 2.76 bits per heavy atom. The van der Waals surface area contributed by atoms with E-state index in [1.165, 1.54) is 0 Å². The molecular weight excluding hydrogens is 270 g/mol. The third-order valence-electron chi connectivity index (χ3n) is 3.73. The first-order chi connectivity index (χ1) is 10.1. The fourth-order valence-corrected chi connectivity index (χ4v) is 2.61. The summed E-state index contributed by atoms with van der Waals surface area (Å²) in [7, 11) is 1.70. The Labute approximate surface area is 125 Å². The van der Waals surface area contributed by atoms with Crippen molar-refractivity contribution in [3.05, 3.63) is 23.8 Å². The molecule has 2 N–H and O–H groups in total. The number of ether oxygens (including phenoxy) is 3. The zero-order valence-electron chi connectivity index (χ0n) is 12.6. The second-order valence-electron chi connectivity index (χ2n) is 5.24. The zero-order chi connectivity index (χ0) is 15.2. The van der Waals surface area contributed by atoms with Gasteiger partial charge in [-0.2, -0.15) is 0 Å². The number of carbonyl (C=O) groups is 1. The van der Waals surface area contributed by atoms with Crippen LogP contribution in [-0.2, 0) is 9.47 Å². The summed E-state index contributed by atoms with van der Waals surface area (Å²) in [5.41, 5.74) is 6.77. The van der Waals surface area contributed by atoms with Gasteiger partial charge in [-0.15, -0.1) is 0 Å². The lowest BCUT2D eigenvalue weighted by Crippen LogP contribution is -2.29. The van der Waals surface area contributed by atoms with Crippen molar-refractivity contribution in [1.82, 2.24) is 0 Å². The van der Waals surface area contributed by atoms with Gasteiger partial charge in [-0.1, -0.05) is 0 Å². The summed E-state index contributed by atoms with van der Waals surface area (Å²) < 4.78 is 16.2. The molecule has 0 aliphatic heterocycles. The summed E-state index contributed by atoms with van der Waals surface area (Å²) in [4.78, 5) is 12.2. The van der Waals surface area contributed by atoms with Crippen LogP contribution in [0.5, 0.6) is 5.75 Å². The number of hydrogen-bond acceptors (Lipinski definition) is 5. The van der Waals surface area contributed by atoms with Crippen LogP contribution in [0.4, 0.5) is 5.69 Å². The maximum absolute atomic E-state index is 12.2. The summed E-state index contributed by atoms with van der Waals surface area (Å²) in [5.74, 6) is 0.248. The zero-order valence-corrected chi connectivity index (χ0v) is 12.6. The molecule has 0 amide bonds. The van der Waals surface area contributed by atoms with Crippen molar-refractivity contribution in [2.45, 2.75) is 44.8 Å². The quantitative estimate of drug-likeness (QED) is 0.667. The maximum atomic E-state index is 12.2. The standard InChI is InChI=1S/C16H23NO4/c1-3-20-15-8-7-11(9-14(15)17)16(18)21-13-6-4-5-12(10-13)19-2/h7-9,12-13H,3-6,10,17H2,1-2H3. The molecule has 1 aliphatic carbocycles. The van der Waals surface area contributed by atoms with E-state index in [2.05, 4.69) is 0 Å². The molecule has 2 unspecified atom stereocenters. The molecule has 1 aromatic carbocycles. The lowest BCUT2D eigenvalue weighted by Gasteiger charge is -2.27. The van der Waals surface area contributed by atoms with Gasteiger partial charge in [0.1, 0.15) is 11.9 Å². The smallest absolute Gasteiger partial charge is 0.338 e. The van der Waals surface area contributed by atoms with Gasteiger partial charge >= 0.3 is 5.97 Å². The van der Waals surface area contributed by atoms with E-state index in [0.29, 0.717) is 23.6 Å². The van der Waals surface area contributed by atoms with Crippen LogP contribution in [0.25, 0.3) is 0 Å². The van der Waals surface area contributed by atoms with Gasteiger partial charge in [0.2, 0.25) is 0 Å². The lowest BCUT2D eigenvalue weighted by molar-refractivity contribution is -0.0149. The van der Waals surface area contributed by atoms with Gasteiger partial charge in [0.15, 0.2) is 0 Å². The molecule has 1 aromatic rings. The van der Waals surface area contributed by atoms with E-state index in [4.69, 9.17) is 19.9 Å². The number of rotatable bonds is 5. The molecule has 1 fully saturated rings. The minimum absolute atomic E-state index is 0.0796. The Bertz CT molecular complexity index is 489. The van der Waals surface area contributed by atoms with Crippen LogP contribution in [0, 0.1) is 0 Å². The highest BCUT2D eigenvalue weighted by molar-refractivity contribution is 5.91. The Morgan fingerprint density at radius 1 is 1.33 bits per heavy atom. The van der Waals surface area contributed by atoms with Gasteiger partial charge < -0.3 is 19.9 Å². The summed E-state index contributed by atoms with van der Waals surface area (Å²) in [5, 5.41) is 0. The second kappa shape index (κ2) is 7.31. The number of methoxy groups -OCH3 is 1. The van der Waals surface area contributed by atoms with E-state index in [0.717, 1.165) is 25.7 Å². The molecule has 0 spiro atoms. The van der Waals surface area contributed by atoms with E-state index in [-0.39, 0.29) is 18.2 Å². The third-order valence-corrected chi connectivity index (χ3v) is 3.73. The number of hydrogen-bond donors (Lipinski definition) is 1. The highest BCUT2D eigenvalue weighted by atomic mass is 16.5. The Kier molecular flexibility index (Phi) is 5.44. The number of carbonyl (C=O) groups excluding carboxylic acids is 1. The van der Waals surface area contributed by atoms with Crippen LogP contribution in [0.3, 0.4) is 0 Å². The monoisotopic (exact) mass is 293 g/mol. The molecule has 0 heterocycles.